The van der Waals surface area contributed by atoms with Crippen LogP contribution in [0, 0.1) is 11.3 Å². The highest BCUT2D eigenvalue weighted by molar-refractivity contribution is 7.92. The number of nitrogens with one attached hydrogen (secondary N) is 1. The molecule has 8 heteroatoms. The molecule has 2 aromatic carbocycles. The summed E-state index contributed by atoms with van der Waals surface area (Å²) >= 11 is 0. The second-order valence-corrected chi connectivity index (χ2v) is 7.01. The number of nitriles is 1. The first-order valence-electron chi connectivity index (χ1n) is 7.51. The Morgan fingerprint density at radius 2 is 1.84 bits per heavy atom. The van der Waals surface area contributed by atoms with Crippen molar-refractivity contribution in [3.8, 4) is 6.07 Å². The standard InChI is InChI=1S/C17H15N3O4S/c18-11-13-3-1-2-4-16(13)25(22,23)19-14-5-7-15(8-6-14)20-9-10-24-12-17(20)21/h1-8,19H,9-10,12H2. The molecule has 128 valence electrons. The van der Waals surface area contributed by atoms with E-state index in [4.69, 9.17) is 10.00 Å². The molecule has 7 nitrogen and oxygen atoms in total. The summed E-state index contributed by atoms with van der Waals surface area (Å²) in [5.41, 5.74) is 1.09. The van der Waals surface area contributed by atoms with Gasteiger partial charge in [0, 0.05) is 17.9 Å². The van der Waals surface area contributed by atoms with Gasteiger partial charge < -0.3 is 9.64 Å². The maximum absolute atomic E-state index is 12.5. The lowest BCUT2D eigenvalue weighted by molar-refractivity contribution is -0.125. The van der Waals surface area contributed by atoms with Crippen molar-refractivity contribution in [1.82, 2.24) is 0 Å². The summed E-state index contributed by atoms with van der Waals surface area (Å²) in [5.74, 6) is -0.137. The van der Waals surface area contributed by atoms with Crippen LogP contribution >= 0.6 is 0 Å². The summed E-state index contributed by atoms with van der Waals surface area (Å²) in [4.78, 5) is 13.3. The van der Waals surface area contributed by atoms with Crippen molar-refractivity contribution in [2.24, 2.45) is 0 Å². The Labute approximate surface area is 145 Å². The molecule has 1 aliphatic heterocycles. The Morgan fingerprint density at radius 1 is 1.12 bits per heavy atom. The summed E-state index contributed by atoms with van der Waals surface area (Å²) in [6.45, 7) is 0.962. The van der Waals surface area contributed by atoms with Crippen molar-refractivity contribution in [1.29, 1.82) is 5.26 Å². The van der Waals surface area contributed by atoms with Gasteiger partial charge in [0.05, 0.1) is 12.2 Å². The van der Waals surface area contributed by atoms with E-state index in [9.17, 15) is 13.2 Å². The minimum atomic E-state index is -3.88. The summed E-state index contributed by atoms with van der Waals surface area (Å²) in [6.07, 6.45) is 0. The number of hydrogen-bond acceptors (Lipinski definition) is 5. The highest BCUT2D eigenvalue weighted by Gasteiger charge is 2.21. The van der Waals surface area contributed by atoms with Crippen LogP contribution in [0.4, 0.5) is 11.4 Å². The Bertz CT molecular complexity index is 933. The van der Waals surface area contributed by atoms with Gasteiger partial charge in [-0.25, -0.2) is 8.42 Å². The van der Waals surface area contributed by atoms with Gasteiger partial charge >= 0.3 is 0 Å². The zero-order valence-electron chi connectivity index (χ0n) is 13.2. The van der Waals surface area contributed by atoms with Crippen molar-refractivity contribution in [3.05, 3.63) is 54.1 Å². The molecule has 0 aliphatic carbocycles. The number of hydrogen-bond donors (Lipinski definition) is 1. The monoisotopic (exact) mass is 357 g/mol. The number of morpholine rings is 1. The van der Waals surface area contributed by atoms with Crippen molar-refractivity contribution in [3.63, 3.8) is 0 Å². The number of anilines is 2. The van der Waals surface area contributed by atoms with Crippen LogP contribution in [0.2, 0.25) is 0 Å². The molecule has 25 heavy (non-hydrogen) atoms. The number of ether oxygens (including phenoxy) is 1. The molecule has 0 atom stereocenters. The van der Waals surface area contributed by atoms with Gasteiger partial charge in [-0.05, 0) is 36.4 Å². The number of nitrogens with zero attached hydrogens (tertiary/aromatic N) is 2. The number of carbonyl (C=O) groups excluding carboxylic acids is 1. The summed E-state index contributed by atoms with van der Waals surface area (Å²) in [5, 5.41) is 9.06. The number of sulfonamides is 1. The fourth-order valence-electron chi connectivity index (χ4n) is 2.50. The van der Waals surface area contributed by atoms with Crippen LogP contribution < -0.4 is 9.62 Å². The van der Waals surface area contributed by atoms with E-state index in [1.807, 2.05) is 6.07 Å². The Hall–Kier alpha value is -2.89. The minimum Gasteiger partial charge on any atom is -0.370 e. The van der Waals surface area contributed by atoms with E-state index in [0.717, 1.165) is 0 Å². The molecular weight excluding hydrogens is 342 g/mol. The van der Waals surface area contributed by atoms with E-state index in [-0.39, 0.29) is 23.0 Å². The van der Waals surface area contributed by atoms with Gasteiger partial charge in [-0.2, -0.15) is 5.26 Å². The van der Waals surface area contributed by atoms with E-state index in [0.29, 0.717) is 24.5 Å². The molecule has 1 amide bonds. The van der Waals surface area contributed by atoms with E-state index in [1.54, 1.807) is 41.3 Å². The predicted molar refractivity (Wildman–Crippen MR) is 91.6 cm³/mol. The van der Waals surface area contributed by atoms with Crippen LogP contribution in [0.3, 0.4) is 0 Å². The van der Waals surface area contributed by atoms with Crippen molar-refractivity contribution < 1.29 is 17.9 Å². The van der Waals surface area contributed by atoms with Crippen LogP contribution in [-0.2, 0) is 19.6 Å². The third-order valence-corrected chi connectivity index (χ3v) is 5.15. The molecule has 0 aromatic heterocycles. The highest BCUT2D eigenvalue weighted by Crippen LogP contribution is 2.23. The average molecular weight is 357 g/mol. The third-order valence-electron chi connectivity index (χ3n) is 3.71. The fraction of sp³-hybridized carbons (Fsp3) is 0.176. The van der Waals surface area contributed by atoms with Gasteiger partial charge in [-0.3, -0.25) is 9.52 Å². The van der Waals surface area contributed by atoms with Gasteiger partial charge in [0.15, 0.2) is 0 Å². The third kappa shape index (κ3) is 3.63. The first kappa shape index (κ1) is 17.0. The van der Waals surface area contributed by atoms with Crippen LogP contribution in [0.15, 0.2) is 53.4 Å². The maximum Gasteiger partial charge on any atom is 0.263 e. The molecular formula is C17H15N3O4S. The van der Waals surface area contributed by atoms with Gasteiger partial charge in [-0.15, -0.1) is 0 Å². The molecule has 1 aliphatic rings. The lowest BCUT2D eigenvalue weighted by Gasteiger charge is -2.26. The predicted octanol–water partition coefficient (Wildman–Crippen LogP) is 1.72. The molecule has 0 saturated carbocycles. The second kappa shape index (κ2) is 6.93. The van der Waals surface area contributed by atoms with Crippen molar-refractivity contribution in [2.45, 2.75) is 4.90 Å². The first-order valence-corrected chi connectivity index (χ1v) is 9.00. The average Bonchev–Trinajstić information content (AvgIpc) is 2.62. The molecule has 2 aromatic rings. The number of benzene rings is 2. The highest BCUT2D eigenvalue weighted by atomic mass is 32.2. The Morgan fingerprint density at radius 3 is 2.52 bits per heavy atom. The Balaban J connectivity index is 1.81. The normalized spacial score (nSPS) is 14.8. The van der Waals surface area contributed by atoms with E-state index >= 15 is 0 Å². The van der Waals surface area contributed by atoms with Crippen LogP contribution in [0.1, 0.15) is 5.56 Å². The van der Waals surface area contributed by atoms with Gasteiger partial charge in [-0.1, -0.05) is 12.1 Å². The molecule has 0 radical (unpaired) electrons. The summed E-state index contributed by atoms with van der Waals surface area (Å²) < 4.78 is 32.5. The molecule has 1 N–H and O–H groups in total. The van der Waals surface area contributed by atoms with Crippen LogP contribution in [-0.4, -0.2) is 34.1 Å². The fourth-order valence-corrected chi connectivity index (χ4v) is 3.72. The van der Waals surface area contributed by atoms with Crippen molar-refractivity contribution >= 4 is 27.3 Å². The molecule has 1 fully saturated rings. The van der Waals surface area contributed by atoms with Gasteiger partial charge in [0.1, 0.15) is 17.6 Å². The first-order chi connectivity index (χ1) is 12.0. The molecule has 1 heterocycles. The van der Waals surface area contributed by atoms with Crippen LogP contribution in [0.25, 0.3) is 0 Å². The molecule has 0 unspecified atom stereocenters. The number of rotatable bonds is 4. The minimum absolute atomic E-state index is 0.0410. The van der Waals surface area contributed by atoms with E-state index < -0.39 is 10.0 Å². The zero-order valence-corrected chi connectivity index (χ0v) is 14.0. The Kier molecular flexibility index (Phi) is 4.70. The zero-order chi connectivity index (χ0) is 17.9. The smallest absolute Gasteiger partial charge is 0.263 e. The lowest BCUT2D eigenvalue weighted by Crippen LogP contribution is -2.41. The maximum atomic E-state index is 12.5. The number of carbonyl (C=O) groups is 1. The topological polar surface area (TPSA) is 99.5 Å². The van der Waals surface area contributed by atoms with E-state index in [1.165, 1.54) is 12.1 Å². The molecule has 1 saturated heterocycles. The second-order valence-electron chi connectivity index (χ2n) is 5.36. The molecule has 3 rings (SSSR count). The summed E-state index contributed by atoms with van der Waals surface area (Å²) in [7, 11) is -3.88. The van der Waals surface area contributed by atoms with E-state index in [2.05, 4.69) is 4.72 Å². The molecule has 0 bridgehead atoms. The van der Waals surface area contributed by atoms with Crippen LogP contribution in [0.5, 0.6) is 0 Å². The van der Waals surface area contributed by atoms with Gasteiger partial charge in [0.25, 0.3) is 15.9 Å². The quantitative estimate of drug-likeness (QED) is 0.898. The lowest BCUT2D eigenvalue weighted by atomic mass is 10.2. The largest absolute Gasteiger partial charge is 0.370 e. The summed E-state index contributed by atoms with van der Waals surface area (Å²) in [6, 6.07) is 14.3. The van der Waals surface area contributed by atoms with Gasteiger partial charge in [0.2, 0.25) is 0 Å². The number of amides is 1. The molecule has 0 spiro atoms. The SMILES string of the molecule is N#Cc1ccccc1S(=O)(=O)Nc1ccc(N2CCOCC2=O)cc1. The van der Waals surface area contributed by atoms with Crippen molar-refractivity contribution in [2.75, 3.05) is 29.4 Å².